The van der Waals surface area contributed by atoms with E-state index in [1.54, 1.807) is 0 Å². The summed E-state index contributed by atoms with van der Waals surface area (Å²) in [5.41, 5.74) is 3.41. The number of nitrogens with one attached hydrogen (secondary N) is 1. The van der Waals surface area contributed by atoms with Gasteiger partial charge in [-0.05, 0) is 32.8 Å². The van der Waals surface area contributed by atoms with Gasteiger partial charge < -0.3 is 9.47 Å². The fourth-order valence-electron chi connectivity index (χ4n) is 3.74. The lowest BCUT2D eigenvalue weighted by molar-refractivity contribution is -0.898. The van der Waals surface area contributed by atoms with Gasteiger partial charge in [0.1, 0.15) is 0 Å². The number of benzene rings is 1. The van der Waals surface area contributed by atoms with Crippen LogP contribution in [0.5, 0.6) is 0 Å². The predicted molar refractivity (Wildman–Crippen MR) is 86.0 cm³/mol. The Labute approximate surface area is 126 Å². The first kappa shape index (κ1) is 14.3. The van der Waals surface area contributed by atoms with E-state index in [1.165, 1.54) is 16.1 Å². The van der Waals surface area contributed by atoms with E-state index in [9.17, 15) is 4.79 Å². The van der Waals surface area contributed by atoms with Crippen LogP contribution < -0.4 is 4.90 Å². The van der Waals surface area contributed by atoms with E-state index < -0.39 is 0 Å². The van der Waals surface area contributed by atoms with E-state index in [1.807, 2.05) is 6.07 Å². The largest absolute Gasteiger partial charge is 0.347 e. The molecule has 3 nitrogen and oxygen atoms in total. The first-order chi connectivity index (χ1) is 10.2. The van der Waals surface area contributed by atoms with Crippen molar-refractivity contribution in [3.63, 3.8) is 0 Å². The van der Waals surface area contributed by atoms with Gasteiger partial charge in [0.05, 0.1) is 25.6 Å². The Morgan fingerprint density at radius 1 is 1.24 bits per heavy atom. The van der Waals surface area contributed by atoms with Crippen molar-refractivity contribution in [3.05, 3.63) is 35.5 Å². The summed E-state index contributed by atoms with van der Waals surface area (Å²) < 4.78 is 2.21. The van der Waals surface area contributed by atoms with Gasteiger partial charge in [0.15, 0.2) is 5.78 Å². The monoisotopic (exact) mass is 285 g/mol. The van der Waals surface area contributed by atoms with Crippen molar-refractivity contribution in [1.82, 2.24) is 4.57 Å². The third-order valence-electron chi connectivity index (χ3n) is 5.11. The summed E-state index contributed by atoms with van der Waals surface area (Å²) in [6, 6.07) is 8.30. The number of aromatic nitrogens is 1. The number of carbonyl (C=O) groups excluding carboxylic acids is 1. The highest BCUT2D eigenvalue weighted by Gasteiger charge is 2.33. The van der Waals surface area contributed by atoms with E-state index >= 15 is 0 Å². The Morgan fingerprint density at radius 2 is 1.95 bits per heavy atom. The van der Waals surface area contributed by atoms with Crippen LogP contribution in [0, 0.1) is 5.92 Å². The summed E-state index contributed by atoms with van der Waals surface area (Å²) in [5.74, 6) is 0.561. The Balaban J connectivity index is 2.00. The van der Waals surface area contributed by atoms with Crippen molar-refractivity contribution in [2.24, 2.45) is 13.0 Å². The molecular weight excluding hydrogens is 260 g/mol. The van der Waals surface area contributed by atoms with Crippen molar-refractivity contribution in [1.29, 1.82) is 0 Å². The van der Waals surface area contributed by atoms with Crippen LogP contribution in [-0.2, 0) is 13.5 Å². The number of fused-ring (bicyclic) bond motifs is 3. The quantitative estimate of drug-likeness (QED) is 0.912. The number of hydrogen-bond acceptors (Lipinski definition) is 1. The lowest BCUT2D eigenvalue weighted by Gasteiger charge is -2.25. The Hall–Kier alpha value is -1.61. The third kappa shape index (κ3) is 2.30. The lowest BCUT2D eigenvalue weighted by Crippen LogP contribution is -3.12. The normalized spacial score (nSPS) is 18.5. The maximum Gasteiger partial charge on any atom is 0.174 e. The minimum Gasteiger partial charge on any atom is -0.347 e. The van der Waals surface area contributed by atoms with Crippen LogP contribution in [0.4, 0.5) is 0 Å². The molecule has 0 amide bonds. The first-order valence-electron chi connectivity index (χ1n) is 8.11. The van der Waals surface area contributed by atoms with Gasteiger partial charge in [-0.1, -0.05) is 18.2 Å². The molecule has 2 aromatic rings. The van der Waals surface area contributed by atoms with Crippen LogP contribution >= 0.6 is 0 Å². The van der Waals surface area contributed by atoms with Crippen molar-refractivity contribution < 1.29 is 9.69 Å². The van der Waals surface area contributed by atoms with Gasteiger partial charge in [0, 0.05) is 29.2 Å². The molecular formula is C18H25N2O+. The SMILES string of the molecule is CC[NH+](CC)C[C@H]1CCc2c(c3ccccc3n2C)C1=O. The van der Waals surface area contributed by atoms with Crippen LogP contribution in [0.25, 0.3) is 10.9 Å². The van der Waals surface area contributed by atoms with E-state index in [4.69, 9.17) is 0 Å². The van der Waals surface area contributed by atoms with E-state index in [0.717, 1.165) is 43.4 Å². The first-order valence-corrected chi connectivity index (χ1v) is 8.11. The summed E-state index contributed by atoms with van der Waals surface area (Å²) >= 11 is 0. The van der Waals surface area contributed by atoms with E-state index in [0.29, 0.717) is 5.78 Å². The second-order valence-electron chi connectivity index (χ2n) is 6.16. The number of hydrogen-bond donors (Lipinski definition) is 1. The molecule has 0 bridgehead atoms. The Morgan fingerprint density at radius 3 is 2.67 bits per heavy atom. The summed E-state index contributed by atoms with van der Waals surface area (Å²) in [5, 5.41) is 1.14. The number of quaternary nitrogens is 1. The predicted octanol–water partition coefficient (Wildman–Crippen LogP) is 1.85. The summed E-state index contributed by atoms with van der Waals surface area (Å²) in [6.07, 6.45) is 2.02. The maximum atomic E-state index is 13.0. The van der Waals surface area contributed by atoms with Crippen LogP contribution in [0.1, 0.15) is 36.3 Å². The highest BCUT2D eigenvalue weighted by molar-refractivity contribution is 6.11. The molecule has 1 aliphatic rings. The molecule has 3 rings (SSSR count). The molecule has 3 heteroatoms. The molecule has 1 atom stereocenters. The minimum atomic E-state index is 0.193. The molecule has 0 aliphatic heterocycles. The van der Waals surface area contributed by atoms with Gasteiger partial charge in [-0.15, -0.1) is 0 Å². The summed E-state index contributed by atoms with van der Waals surface area (Å²) in [4.78, 5) is 14.5. The van der Waals surface area contributed by atoms with E-state index in [2.05, 4.69) is 43.7 Å². The van der Waals surface area contributed by atoms with Crippen LogP contribution in [0.15, 0.2) is 24.3 Å². The topological polar surface area (TPSA) is 26.4 Å². The number of nitrogens with zero attached hydrogens (tertiary/aromatic N) is 1. The number of ketones is 1. The Bertz CT molecular complexity index is 667. The fraction of sp³-hybridized carbons (Fsp3) is 0.500. The molecule has 0 spiro atoms. The zero-order valence-corrected chi connectivity index (χ0v) is 13.3. The van der Waals surface area contributed by atoms with Crippen molar-refractivity contribution in [2.45, 2.75) is 26.7 Å². The van der Waals surface area contributed by atoms with Crippen molar-refractivity contribution in [3.8, 4) is 0 Å². The maximum absolute atomic E-state index is 13.0. The zero-order chi connectivity index (χ0) is 15.0. The van der Waals surface area contributed by atoms with Gasteiger partial charge in [-0.25, -0.2) is 0 Å². The number of para-hydroxylation sites is 1. The Kier molecular flexibility index (Phi) is 3.85. The van der Waals surface area contributed by atoms with Crippen molar-refractivity contribution in [2.75, 3.05) is 19.6 Å². The van der Waals surface area contributed by atoms with Crippen LogP contribution in [0.3, 0.4) is 0 Å². The molecule has 112 valence electrons. The lowest BCUT2D eigenvalue weighted by atomic mass is 9.84. The van der Waals surface area contributed by atoms with E-state index in [-0.39, 0.29) is 5.92 Å². The molecule has 1 aromatic heterocycles. The molecule has 0 unspecified atom stereocenters. The molecule has 0 radical (unpaired) electrons. The van der Waals surface area contributed by atoms with Gasteiger partial charge in [-0.2, -0.15) is 0 Å². The number of carbonyl (C=O) groups is 1. The zero-order valence-electron chi connectivity index (χ0n) is 13.3. The highest BCUT2D eigenvalue weighted by atomic mass is 16.1. The van der Waals surface area contributed by atoms with Crippen LogP contribution in [-0.4, -0.2) is 30.0 Å². The molecule has 1 heterocycles. The molecule has 1 N–H and O–H groups in total. The number of aryl methyl sites for hydroxylation is 1. The summed E-state index contributed by atoms with van der Waals surface area (Å²) in [6.45, 7) is 7.59. The van der Waals surface area contributed by atoms with Gasteiger partial charge in [0.2, 0.25) is 0 Å². The molecule has 21 heavy (non-hydrogen) atoms. The standard InChI is InChI=1S/C18H24N2O/c1-4-20(5-2)12-13-10-11-16-17(18(13)21)14-8-6-7-9-15(14)19(16)3/h6-9,13H,4-5,10-12H2,1-3H3/p+1/t13-/m1/s1. The van der Waals surface area contributed by atoms with Gasteiger partial charge >= 0.3 is 0 Å². The number of Topliss-reactive ketones (excluding diaryl/α,β-unsaturated/α-hetero) is 1. The smallest absolute Gasteiger partial charge is 0.174 e. The molecule has 0 saturated carbocycles. The summed E-state index contributed by atoms with van der Waals surface area (Å²) in [7, 11) is 2.09. The highest BCUT2D eigenvalue weighted by Crippen LogP contribution is 2.33. The second kappa shape index (κ2) is 5.64. The average molecular weight is 285 g/mol. The number of rotatable bonds is 4. The second-order valence-corrected chi connectivity index (χ2v) is 6.16. The molecule has 1 aliphatic carbocycles. The molecule has 0 saturated heterocycles. The van der Waals surface area contributed by atoms with Gasteiger partial charge in [0.25, 0.3) is 0 Å². The average Bonchev–Trinajstić information content (AvgIpc) is 2.81. The third-order valence-corrected chi connectivity index (χ3v) is 5.11. The molecule has 0 fully saturated rings. The molecule has 1 aromatic carbocycles. The van der Waals surface area contributed by atoms with Gasteiger partial charge in [-0.3, -0.25) is 4.79 Å². The van der Waals surface area contributed by atoms with Crippen molar-refractivity contribution >= 4 is 16.7 Å². The fourth-order valence-corrected chi connectivity index (χ4v) is 3.74. The minimum absolute atomic E-state index is 0.193. The van der Waals surface area contributed by atoms with Crippen LogP contribution in [0.2, 0.25) is 0 Å².